The van der Waals surface area contributed by atoms with Crippen molar-refractivity contribution in [2.24, 2.45) is 0 Å². The van der Waals surface area contributed by atoms with Crippen LogP contribution in [0.1, 0.15) is 35.2 Å². The molecule has 32 heavy (non-hydrogen) atoms. The molecule has 0 bridgehead atoms. The first-order chi connectivity index (χ1) is 15.3. The number of esters is 1. The zero-order valence-electron chi connectivity index (χ0n) is 17.5. The molecular weight excluding hydrogens is 450 g/mol. The van der Waals surface area contributed by atoms with Crippen LogP contribution in [0.25, 0.3) is 10.2 Å². The predicted octanol–water partition coefficient (Wildman–Crippen LogP) is 3.57. The second-order valence-corrected chi connectivity index (χ2v) is 10.6. The monoisotopic (exact) mass is 473 g/mol. The minimum atomic E-state index is -3.57. The van der Waals surface area contributed by atoms with E-state index in [1.54, 1.807) is 0 Å². The molecule has 10 heteroatoms. The van der Waals surface area contributed by atoms with E-state index in [0.29, 0.717) is 18.2 Å². The van der Waals surface area contributed by atoms with E-state index in [-0.39, 0.29) is 10.5 Å². The van der Waals surface area contributed by atoms with Crippen LogP contribution in [0.4, 0.5) is 5.13 Å². The van der Waals surface area contributed by atoms with Gasteiger partial charge in [-0.15, -0.1) is 0 Å². The first-order valence-electron chi connectivity index (χ1n) is 10.3. The number of carbonyl (C=O) groups is 2. The van der Waals surface area contributed by atoms with E-state index in [9.17, 15) is 18.0 Å². The normalized spacial score (nSPS) is 14.9. The lowest BCUT2D eigenvalue weighted by atomic mass is 10.2. The fourth-order valence-corrected chi connectivity index (χ4v) is 5.97. The lowest BCUT2D eigenvalue weighted by Gasteiger charge is -2.25. The Balaban J connectivity index is 1.33. The Kier molecular flexibility index (Phi) is 6.54. The fourth-order valence-electron chi connectivity index (χ4n) is 3.47. The summed E-state index contributed by atoms with van der Waals surface area (Å²) in [6.07, 6.45) is 2.73. The second-order valence-electron chi connectivity index (χ2n) is 7.60. The summed E-state index contributed by atoms with van der Waals surface area (Å²) in [5.41, 5.74) is 2.06. The number of sulfonamides is 1. The average molecular weight is 474 g/mol. The van der Waals surface area contributed by atoms with Gasteiger partial charge in [-0.25, -0.2) is 18.2 Å². The highest BCUT2D eigenvalue weighted by molar-refractivity contribution is 7.89. The largest absolute Gasteiger partial charge is 0.452 e. The van der Waals surface area contributed by atoms with Crippen molar-refractivity contribution in [3.63, 3.8) is 0 Å². The van der Waals surface area contributed by atoms with Crippen LogP contribution in [-0.2, 0) is 19.6 Å². The summed E-state index contributed by atoms with van der Waals surface area (Å²) in [4.78, 5) is 28.9. The van der Waals surface area contributed by atoms with Crippen molar-refractivity contribution in [1.29, 1.82) is 0 Å². The summed E-state index contributed by atoms with van der Waals surface area (Å²) in [6, 6.07) is 11.4. The average Bonchev–Trinajstić information content (AvgIpc) is 3.19. The minimum absolute atomic E-state index is 0.139. The standard InChI is InChI=1S/C22H23N3O5S2/c1-15-5-10-18-19(13-15)31-22(23-18)24-20(26)14-30-21(27)16-6-8-17(9-7-16)32(28,29)25-11-3-2-4-12-25/h5-10,13H,2-4,11-12,14H2,1H3,(H,23,24,26). The van der Waals surface area contributed by atoms with Crippen molar-refractivity contribution in [3.05, 3.63) is 53.6 Å². The van der Waals surface area contributed by atoms with Gasteiger partial charge >= 0.3 is 5.97 Å². The third kappa shape index (κ3) is 4.98. The Morgan fingerprint density at radius 2 is 1.81 bits per heavy atom. The summed E-state index contributed by atoms with van der Waals surface area (Å²) in [7, 11) is -3.57. The molecule has 168 valence electrons. The summed E-state index contributed by atoms with van der Waals surface area (Å²) in [5.74, 6) is -1.21. The first kappa shape index (κ1) is 22.4. The number of benzene rings is 2. The number of nitrogens with one attached hydrogen (secondary N) is 1. The maximum Gasteiger partial charge on any atom is 0.338 e. The molecule has 2 aromatic carbocycles. The Morgan fingerprint density at radius 3 is 2.53 bits per heavy atom. The van der Waals surface area contributed by atoms with Gasteiger partial charge < -0.3 is 4.74 Å². The van der Waals surface area contributed by atoms with Crippen LogP contribution in [0.15, 0.2) is 47.4 Å². The quantitative estimate of drug-likeness (QED) is 0.549. The topological polar surface area (TPSA) is 106 Å². The molecule has 0 spiro atoms. The molecule has 3 aromatic rings. The van der Waals surface area contributed by atoms with Crippen molar-refractivity contribution >= 4 is 48.6 Å². The van der Waals surface area contributed by atoms with E-state index in [1.807, 2.05) is 25.1 Å². The molecule has 1 aliphatic rings. The van der Waals surface area contributed by atoms with E-state index >= 15 is 0 Å². The van der Waals surface area contributed by atoms with Crippen molar-refractivity contribution in [3.8, 4) is 0 Å². The van der Waals surface area contributed by atoms with Gasteiger partial charge in [0.15, 0.2) is 11.7 Å². The molecular formula is C22H23N3O5S2. The number of amides is 1. The molecule has 0 radical (unpaired) electrons. The highest BCUT2D eigenvalue weighted by Crippen LogP contribution is 2.26. The van der Waals surface area contributed by atoms with Crippen LogP contribution >= 0.6 is 11.3 Å². The zero-order valence-corrected chi connectivity index (χ0v) is 19.2. The van der Waals surface area contributed by atoms with Gasteiger partial charge in [-0.3, -0.25) is 10.1 Å². The number of hydrogen-bond acceptors (Lipinski definition) is 7. The second kappa shape index (κ2) is 9.35. The highest BCUT2D eigenvalue weighted by atomic mass is 32.2. The number of aryl methyl sites for hydroxylation is 1. The van der Waals surface area contributed by atoms with Crippen LogP contribution in [0.3, 0.4) is 0 Å². The molecule has 4 rings (SSSR count). The fraction of sp³-hybridized carbons (Fsp3) is 0.318. The smallest absolute Gasteiger partial charge is 0.338 e. The number of ether oxygens (including phenoxy) is 1. The number of anilines is 1. The predicted molar refractivity (Wildman–Crippen MR) is 122 cm³/mol. The number of nitrogens with zero attached hydrogens (tertiary/aromatic N) is 2. The Bertz CT molecular complexity index is 1250. The van der Waals surface area contributed by atoms with E-state index in [2.05, 4.69) is 10.3 Å². The van der Waals surface area contributed by atoms with Crippen LogP contribution in [0, 0.1) is 6.92 Å². The lowest BCUT2D eigenvalue weighted by molar-refractivity contribution is -0.119. The zero-order chi connectivity index (χ0) is 22.7. The molecule has 1 fully saturated rings. The van der Waals surface area contributed by atoms with Gasteiger partial charge in [0.1, 0.15) is 0 Å². The summed E-state index contributed by atoms with van der Waals surface area (Å²) in [5, 5.41) is 3.06. The lowest BCUT2D eigenvalue weighted by Crippen LogP contribution is -2.35. The summed E-state index contributed by atoms with van der Waals surface area (Å²) in [6.45, 7) is 2.53. The Labute approximate surface area is 190 Å². The number of rotatable bonds is 6. The molecule has 0 atom stereocenters. The summed E-state index contributed by atoms with van der Waals surface area (Å²) >= 11 is 1.34. The number of aromatic nitrogens is 1. The van der Waals surface area contributed by atoms with Gasteiger partial charge in [0.2, 0.25) is 10.0 Å². The van der Waals surface area contributed by atoms with E-state index < -0.39 is 28.5 Å². The summed E-state index contributed by atoms with van der Waals surface area (Å²) < 4.78 is 32.9. The SMILES string of the molecule is Cc1ccc2nc(NC(=O)COC(=O)c3ccc(S(=O)(=O)N4CCCCC4)cc3)sc2c1. The minimum Gasteiger partial charge on any atom is -0.452 e. The van der Waals surface area contributed by atoms with E-state index in [0.717, 1.165) is 35.0 Å². The highest BCUT2D eigenvalue weighted by Gasteiger charge is 2.26. The molecule has 0 unspecified atom stereocenters. The number of hydrogen-bond donors (Lipinski definition) is 1. The van der Waals surface area contributed by atoms with Crippen LogP contribution in [-0.4, -0.2) is 49.3 Å². The molecule has 1 aromatic heterocycles. The van der Waals surface area contributed by atoms with Gasteiger partial charge in [0, 0.05) is 13.1 Å². The number of fused-ring (bicyclic) bond motifs is 1. The van der Waals surface area contributed by atoms with E-state index in [4.69, 9.17) is 4.74 Å². The first-order valence-corrected chi connectivity index (χ1v) is 12.5. The van der Waals surface area contributed by atoms with E-state index in [1.165, 1.54) is 39.9 Å². The Hall–Kier alpha value is -2.82. The van der Waals surface area contributed by atoms with Crippen molar-refractivity contribution in [2.75, 3.05) is 25.0 Å². The van der Waals surface area contributed by atoms with Gasteiger partial charge in [0.25, 0.3) is 5.91 Å². The molecule has 0 saturated carbocycles. The molecule has 1 N–H and O–H groups in total. The maximum atomic E-state index is 12.7. The van der Waals surface area contributed by atoms with Crippen LogP contribution in [0.2, 0.25) is 0 Å². The molecule has 1 saturated heterocycles. The molecule has 2 heterocycles. The molecule has 1 amide bonds. The number of thiazole rings is 1. The van der Waals surface area contributed by atoms with Gasteiger partial charge in [-0.05, 0) is 61.7 Å². The van der Waals surface area contributed by atoms with Crippen LogP contribution < -0.4 is 5.32 Å². The third-order valence-corrected chi connectivity index (χ3v) is 8.01. The molecule has 0 aliphatic carbocycles. The molecule has 1 aliphatic heterocycles. The van der Waals surface area contributed by atoms with Crippen molar-refractivity contribution < 1.29 is 22.7 Å². The molecule has 8 nitrogen and oxygen atoms in total. The number of carbonyl (C=O) groups excluding carboxylic acids is 2. The maximum absolute atomic E-state index is 12.7. The van der Waals surface area contributed by atoms with Crippen molar-refractivity contribution in [2.45, 2.75) is 31.1 Å². The Morgan fingerprint density at radius 1 is 1.09 bits per heavy atom. The van der Waals surface area contributed by atoms with Crippen molar-refractivity contribution in [1.82, 2.24) is 9.29 Å². The van der Waals surface area contributed by atoms with Gasteiger partial charge in [0.05, 0.1) is 20.7 Å². The number of piperidine rings is 1. The van der Waals surface area contributed by atoms with Gasteiger partial charge in [-0.2, -0.15) is 4.31 Å². The van der Waals surface area contributed by atoms with Gasteiger partial charge in [-0.1, -0.05) is 23.8 Å². The van der Waals surface area contributed by atoms with Crippen LogP contribution in [0.5, 0.6) is 0 Å². The third-order valence-electron chi connectivity index (χ3n) is 5.17.